The molecule has 0 bridgehead atoms. The molecule has 20 heavy (non-hydrogen) atoms. The van der Waals surface area contributed by atoms with Gasteiger partial charge in [0.25, 0.3) is 0 Å². The minimum atomic E-state index is 0.677. The Labute approximate surface area is 129 Å². The molecule has 0 saturated carbocycles. The molecule has 0 unspecified atom stereocenters. The summed E-state index contributed by atoms with van der Waals surface area (Å²) in [5.74, 6) is 0.677. The number of pyridine rings is 1. The van der Waals surface area contributed by atoms with Crippen LogP contribution < -0.4 is 5.32 Å². The maximum Gasteiger partial charge on any atom is 0.243 e. The van der Waals surface area contributed by atoms with Crippen LogP contribution in [0.25, 0.3) is 5.65 Å². The van der Waals surface area contributed by atoms with Crippen molar-refractivity contribution in [3.05, 3.63) is 44.2 Å². The second-order valence-electron chi connectivity index (χ2n) is 4.95. The van der Waals surface area contributed by atoms with Gasteiger partial charge in [-0.25, -0.2) is 4.52 Å². The quantitative estimate of drug-likeness (QED) is 0.785. The lowest BCUT2D eigenvalue weighted by Crippen LogP contribution is -1.99. The highest BCUT2D eigenvalue weighted by Crippen LogP contribution is 2.30. The van der Waals surface area contributed by atoms with Crippen molar-refractivity contribution >= 4 is 38.9 Å². The van der Waals surface area contributed by atoms with Gasteiger partial charge in [-0.2, -0.15) is 4.98 Å². The van der Waals surface area contributed by atoms with E-state index in [1.165, 1.54) is 24.1 Å². The molecule has 0 spiro atoms. The molecule has 3 aromatic heterocycles. The van der Waals surface area contributed by atoms with E-state index < -0.39 is 0 Å². The molecule has 4 nitrogen and oxygen atoms in total. The van der Waals surface area contributed by atoms with Gasteiger partial charge in [-0.1, -0.05) is 0 Å². The molecule has 0 atom stereocenters. The van der Waals surface area contributed by atoms with E-state index in [4.69, 9.17) is 0 Å². The lowest BCUT2D eigenvalue weighted by Gasteiger charge is -1.98. The van der Waals surface area contributed by atoms with E-state index in [1.807, 2.05) is 29.7 Å². The monoisotopic (exact) mass is 348 g/mol. The van der Waals surface area contributed by atoms with Crippen LogP contribution in [-0.2, 0) is 19.4 Å². The fourth-order valence-electron chi connectivity index (χ4n) is 2.58. The maximum absolute atomic E-state index is 4.46. The topological polar surface area (TPSA) is 42.2 Å². The highest BCUT2D eigenvalue weighted by Gasteiger charge is 2.14. The van der Waals surface area contributed by atoms with Crippen molar-refractivity contribution in [1.29, 1.82) is 0 Å². The molecule has 4 rings (SSSR count). The number of aromatic nitrogens is 3. The average molecular weight is 349 g/mol. The van der Waals surface area contributed by atoms with Crippen LogP contribution in [0.5, 0.6) is 0 Å². The number of fused-ring (bicyclic) bond motifs is 2. The standard InChI is InChI=1S/C14H13BrN4S/c15-10-4-5-13-17-14(18-19(13)8-10)16-7-11-6-9-2-1-3-12(9)20-11/h4-6,8H,1-3,7H2,(H,16,18). The number of rotatable bonds is 3. The maximum atomic E-state index is 4.46. The number of hydrogen-bond donors (Lipinski definition) is 1. The summed E-state index contributed by atoms with van der Waals surface area (Å²) >= 11 is 5.35. The van der Waals surface area contributed by atoms with Crippen LogP contribution in [0.2, 0.25) is 0 Å². The van der Waals surface area contributed by atoms with E-state index in [-0.39, 0.29) is 0 Å². The zero-order chi connectivity index (χ0) is 13.5. The Kier molecular flexibility index (Phi) is 3.00. The van der Waals surface area contributed by atoms with Crippen LogP contribution in [0.15, 0.2) is 28.9 Å². The van der Waals surface area contributed by atoms with Crippen LogP contribution in [-0.4, -0.2) is 14.6 Å². The fourth-order valence-corrected chi connectivity index (χ4v) is 4.10. The first-order chi connectivity index (χ1) is 9.78. The summed E-state index contributed by atoms with van der Waals surface area (Å²) in [6.45, 7) is 0.801. The zero-order valence-electron chi connectivity index (χ0n) is 10.8. The first-order valence-corrected chi connectivity index (χ1v) is 8.25. The van der Waals surface area contributed by atoms with Gasteiger partial charge in [-0.05, 0) is 59.0 Å². The molecule has 3 aromatic rings. The highest BCUT2D eigenvalue weighted by atomic mass is 79.9. The van der Waals surface area contributed by atoms with Crippen molar-refractivity contribution in [3.8, 4) is 0 Å². The van der Waals surface area contributed by atoms with Crippen molar-refractivity contribution in [1.82, 2.24) is 14.6 Å². The van der Waals surface area contributed by atoms with Gasteiger partial charge >= 0.3 is 0 Å². The van der Waals surface area contributed by atoms with Gasteiger partial charge in [0.2, 0.25) is 5.95 Å². The summed E-state index contributed by atoms with van der Waals surface area (Å²) < 4.78 is 2.78. The van der Waals surface area contributed by atoms with Crippen molar-refractivity contribution < 1.29 is 0 Å². The van der Waals surface area contributed by atoms with Gasteiger partial charge in [0, 0.05) is 20.4 Å². The van der Waals surface area contributed by atoms with Crippen LogP contribution in [0.1, 0.15) is 21.7 Å². The number of nitrogens with one attached hydrogen (secondary N) is 1. The summed E-state index contributed by atoms with van der Waals surface area (Å²) in [5.41, 5.74) is 2.39. The van der Waals surface area contributed by atoms with E-state index in [0.29, 0.717) is 5.95 Å². The Morgan fingerprint density at radius 1 is 1.35 bits per heavy atom. The number of aryl methyl sites for hydroxylation is 2. The highest BCUT2D eigenvalue weighted by molar-refractivity contribution is 9.10. The minimum absolute atomic E-state index is 0.677. The van der Waals surface area contributed by atoms with E-state index in [0.717, 1.165) is 16.7 Å². The van der Waals surface area contributed by atoms with Gasteiger partial charge in [-0.15, -0.1) is 16.4 Å². The van der Waals surface area contributed by atoms with Gasteiger partial charge < -0.3 is 5.32 Å². The average Bonchev–Trinajstić information content (AvgIpc) is 3.08. The molecule has 1 N–H and O–H groups in total. The lowest BCUT2D eigenvalue weighted by atomic mass is 10.2. The van der Waals surface area contributed by atoms with Crippen molar-refractivity contribution in [2.75, 3.05) is 5.32 Å². The molecule has 0 aromatic carbocycles. The summed E-state index contributed by atoms with van der Waals surface area (Å²) in [6, 6.07) is 6.24. The van der Waals surface area contributed by atoms with E-state index in [9.17, 15) is 0 Å². The van der Waals surface area contributed by atoms with Crippen LogP contribution in [0.4, 0.5) is 5.95 Å². The normalized spacial score (nSPS) is 13.8. The third kappa shape index (κ3) is 2.23. The van der Waals surface area contributed by atoms with E-state index in [2.05, 4.69) is 37.4 Å². The molecule has 6 heteroatoms. The number of halogens is 1. The predicted octanol–water partition coefficient (Wildman–Crippen LogP) is 3.65. The molecule has 1 aliphatic rings. The summed E-state index contributed by atoms with van der Waals surface area (Å²) in [7, 11) is 0. The molecule has 0 fully saturated rings. The molecular formula is C14H13BrN4S. The second-order valence-corrected chi connectivity index (χ2v) is 7.09. The van der Waals surface area contributed by atoms with Crippen molar-refractivity contribution in [2.45, 2.75) is 25.8 Å². The molecule has 3 heterocycles. The zero-order valence-corrected chi connectivity index (χ0v) is 13.2. The van der Waals surface area contributed by atoms with Crippen LogP contribution in [0, 0.1) is 0 Å². The third-order valence-electron chi connectivity index (χ3n) is 3.51. The number of nitrogens with zero attached hydrogens (tertiary/aromatic N) is 3. The first-order valence-electron chi connectivity index (χ1n) is 6.64. The SMILES string of the molecule is Brc1ccc2nc(NCc3cc4c(s3)CCC4)nn2c1. The Hall–Kier alpha value is -1.40. The predicted molar refractivity (Wildman–Crippen MR) is 84.4 cm³/mol. The smallest absolute Gasteiger partial charge is 0.243 e. The van der Waals surface area contributed by atoms with Crippen molar-refractivity contribution in [3.63, 3.8) is 0 Å². The van der Waals surface area contributed by atoms with Gasteiger partial charge in [-0.3, -0.25) is 0 Å². The Morgan fingerprint density at radius 3 is 3.20 bits per heavy atom. The third-order valence-corrected chi connectivity index (χ3v) is 5.22. The summed E-state index contributed by atoms with van der Waals surface area (Å²) in [6.07, 6.45) is 5.72. The lowest BCUT2D eigenvalue weighted by molar-refractivity contribution is 0.912. The van der Waals surface area contributed by atoms with Crippen LogP contribution >= 0.6 is 27.3 Å². The Morgan fingerprint density at radius 2 is 2.30 bits per heavy atom. The number of thiophene rings is 1. The van der Waals surface area contributed by atoms with Gasteiger partial charge in [0.05, 0.1) is 6.54 Å². The second kappa shape index (κ2) is 4.86. The molecule has 1 aliphatic carbocycles. The summed E-state index contributed by atoms with van der Waals surface area (Å²) in [4.78, 5) is 7.39. The molecule has 0 saturated heterocycles. The molecule has 0 aliphatic heterocycles. The minimum Gasteiger partial charge on any atom is -0.348 e. The Balaban J connectivity index is 1.52. The molecular weight excluding hydrogens is 336 g/mol. The molecule has 102 valence electrons. The van der Waals surface area contributed by atoms with Gasteiger partial charge in [0.1, 0.15) is 0 Å². The fraction of sp³-hybridized carbons (Fsp3) is 0.286. The molecule has 0 radical (unpaired) electrons. The summed E-state index contributed by atoms with van der Waals surface area (Å²) in [5, 5.41) is 7.73. The molecule has 0 amide bonds. The van der Waals surface area contributed by atoms with Crippen molar-refractivity contribution in [2.24, 2.45) is 0 Å². The van der Waals surface area contributed by atoms with Gasteiger partial charge in [0.15, 0.2) is 5.65 Å². The Bertz CT molecular complexity index is 755. The van der Waals surface area contributed by atoms with E-state index >= 15 is 0 Å². The largest absolute Gasteiger partial charge is 0.348 e. The number of anilines is 1. The van der Waals surface area contributed by atoms with E-state index in [1.54, 1.807) is 15.0 Å². The van der Waals surface area contributed by atoms with Crippen LogP contribution in [0.3, 0.4) is 0 Å². The number of hydrogen-bond acceptors (Lipinski definition) is 4. The first kappa shape index (κ1) is 12.3.